The van der Waals surface area contributed by atoms with Gasteiger partial charge in [0.2, 0.25) is 0 Å². The minimum Gasteiger partial charge on any atom is -0.496 e. The van der Waals surface area contributed by atoms with Gasteiger partial charge >= 0.3 is 5.97 Å². The first-order chi connectivity index (χ1) is 12.9. The number of hydrogen-bond donors (Lipinski definition) is 1. The molecule has 142 valence electrons. The first-order valence-corrected chi connectivity index (χ1v) is 8.13. The number of amides is 1. The van der Waals surface area contributed by atoms with Crippen molar-refractivity contribution in [3.8, 4) is 5.75 Å². The zero-order chi connectivity index (χ0) is 19.8. The maximum Gasteiger partial charge on any atom is 0.331 e. The molecule has 0 aliphatic heterocycles. The van der Waals surface area contributed by atoms with Gasteiger partial charge in [0.15, 0.2) is 6.61 Å². The smallest absolute Gasteiger partial charge is 0.331 e. The van der Waals surface area contributed by atoms with E-state index >= 15 is 0 Å². The summed E-state index contributed by atoms with van der Waals surface area (Å²) in [5.41, 5.74) is 0.814. The largest absolute Gasteiger partial charge is 0.496 e. The minimum atomic E-state index is -0.764. The zero-order valence-corrected chi connectivity index (χ0v) is 14.9. The van der Waals surface area contributed by atoms with Gasteiger partial charge in [-0.05, 0) is 25.1 Å². The predicted molar refractivity (Wildman–Crippen MR) is 95.9 cm³/mol. The highest BCUT2D eigenvalue weighted by atomic mass is 19.1. The number of rotatable bonds is 7. The summed E-state index contributed by atoms with van der Waals surface area (Å²) in [6.07, 6.45) is 2.68. The van der Waals surface area contributed by atoms with Crippen molar-refractivity contribution in [3.63, 3.8) is 0 Å². The van der Waals surface area contributed by atoms with Crippen molar-refractivity contribution in [3.05, 3.63) is 71.3 Å². The first kappa shape index (κ1) is 20.1. The normalized spacial score (nSPS) is 11.9. The van der Waals surface area contributed by atoms with Crippen molar-refractivity contribution in [1.29, 1.82) is 0 Å². The lowest BCUT2D eigenvalue weighted by atomic mass is 10.1. The number of ether oxygens (including phenoxy) is 2. The van der Waals surface area contributed by atoms with Crippen LogP contribution in [0.1, 0.15) is 24.1 Å². The quantitative estimate of drug-likeness (QED) is 0.595. The molecule has 0 aliphatic carbocycles. The van der Waals surface area contributed by atoms with Gasteiger partial charge < -0.3 is 14.8 Å². The molecule has 27 heavy (non-hydrogen) atoms. The Morgan fingerprint density at radius 3 is 2.63 bits per heavy atom. The lowest BCUT2D eigenvalue weighted by Crippen LogP contribution is -2.31. The molecule has 0 bridgehead atoms. The molecule has 1 amide bonds. The summed E-state index contributed by atoms with van der Waals surface area (Å²) in [6.45, 7) is 1.01. The van der Waals surface area contributed by atoms with Gasteiger partial charge in [-0.15, -0.1) is 0 Å². The van der Waals surface area contributed by atoms with Gasteiger partial charge in [-0.25, -0.2) is 13.6 Å². The van der Waals surface area contributed by atoms with E-state index in [-0.39, 0.29) is 5.56 Å². The molecule has 5 nitrogen and oxygen atoms in total. The van der Waals surface area contributed by atoms with Crippen LogP contribution in [0.15, 0.2) is 48.5 Å². The third-order valence-corrected chi connectivity index (χ3v) is 3.69. The fourth-order valence-corrected chi connectivity index (χ4v) is 2.36. The molecule has 0 saturated heterocycles. The average molecular weight is 375 g/mol. The highest BCUT2D eigenvalue weighted by Gasteiger charge is 2.15. The highest BCUT2D eigenvalue weighted by molar-refractivity contribution is 5.89. The van der Waals surface area contributed by atoms with Crippen LogP contribution in [0.3, 0.4) is 0 Å². The third kappa shape index (κ3) is 5.91. The summed E-state index contributed by atoms with van der Waals surface area (Å²) >= 11 is 0. The number of para-hydroxylation sites is 1. The highest BCUT2D eigenvalue weighted by Crippen LogP contribution is 2.19. The van der Waals surface area contributed by atoms with E-state index in [4.69, 9.17) is 9.47 Å². The summed E-state index contributed by atoms with van der Waals surface area (Å²) in [6, 6.07) is 9.46. The van der Waals surface area contributed by atoms with Crippen LogP contribution in [0.25, 0.3) is 6.08 Å². The maximum absolute atomic E-state index is 13.7. The topological polar surface area (TPSA) is 64.6 Å². The van der Waals surface area contributed by atoms with Gasteiger partial charge in [0, 0.05) is 23.3 Å². The van der Waals surface area contributed by atoms with Gasteiger partial charge in [0.1, 0.15) is 17.4 Å². The van der Waals surface area contributed by atoms with Crippen LogP contribution in [0.2, 0.25) is 0 Å². The number of esters is 1. The lowest BCUT2D eigenvalue weighted by Gasteiger charge is -2.15. The average Bonchev–Trinajstić information content (AvgIpc) is 2.64. The Bertz CT molecular complexity index is 852. The van der Waals surface area contributed by atoms with E-state index in [2.05, 4.69) is 5.32 Å². The molecule has 2 aromatic carbocycles. The van der Waals surface area contributed by atoms with E-state index in [1.165, 1.54) is 32.3 Å². The number of benzene rings is 2. The number of hydrogen-bond acceptors (Lipinski definition) is 4. The van der Waals surface area contributed by atoms with E-state index in [0.717, 1.165) is 12.1 Å². The third-order valence-electron chi connectivity index (χ3n) is 3.69. The van der Waals surface area contributed by atoms with Gasteiger partial charge in [0.05, 0.1) is 13.2 Å². The summed E-state index contributed by atoms with van der Waals surface area (Å²) in [4.78, 5) is 23.6. The fourth-order valence-electron chi connectivity index (χ4n) is 2.36. The Kier molecular flexibility index (Phi) is 7.05. The maximum atomic E-state index is 13.7. The van der Waals surface area contributed by atoms with Crippen molar-refractivity contribution < 1.29 is 27.8 Å². The van der Waals surface area contributed by atoms with E-state index in [1.54, 1.807) is 24.3 Å². The molecule has 0 aliphatic rings. The first-order valence-electron chi connectivity index (χ1n) is 8.13. The van der Waals surface area contributed by atoms with Crippen LogP contribution in [-0.2, 0) is 14.3 Å². The molecular formula is C20H19F2NO4. The van der Waals surface area contributed by atoms with E-state index in [9.17, 15) is 18.4 Å². The minimum absolute atomic E-state index is 0.132. The van der Waals surface area contributed by atoms with E-state index in [0.29, 0.717) is 11.3 Å². The van der Waals surface area contributed by atoms with Gasteiger partial charge in [0.25, 0.3) is 5.91 Å². The molecule has 0 unspecified atom stereocenters. The number of carbonyl (C=O) groups is 2. The van der Waals surface area contributed by atoms with Crippen molar-refractivity contribution in [2.24, 2.45) is 0 Å². The van der Waals surface area contributed by atoms with Crippen molar-refractivity contribution >= 4 is 18.0 Å². The molecule has 2 aromatic rings. The fraction of sp³-hybridized carbons (Fsp3) is 0.200. The second-order valence-corrected chi connectivity index (χ2v) is 5.64. The van der Waals surface area contributed by atoms with E-state index < -0.39 is 36.2 Å². The molecule has 1 atom stereocenters. The molecule has 2 rings (SSSR count). The molecule has 0 radical (unpaired) electrons. The molecule has 0 saturated carbocycles. The van der Waals surface area contributed by atoms with Gasteiger partial charge in [-0.3, -0.25) is 4.79 Å². The molecule has 0 fully saturated rings. The van der Waals surface area contributed by atoms with Gasteiger partial charge in [-0.2, -0.15) is 0 Å². The molecular weight excluding hydrogens is 356 g/mol. The van der Waals surface area contributed by atoms with Crippen LogP contribution < -0.4 is 10.1 Å². The van der Waals surface area contributed by atoms with Crippen molar-refractivity contribution in [2.45, 2.75) is 13.0 Å². The zero-order valence-electron chi connectivity index (χ0n) is 14.9. The molecule has 1 N–H and O–H groups in total. The Hall–Kier alpha value is -3.22. The molecule has 0 aromatic heterocycles. The summed E-state index contributed by atoms with van der Waals surface area (Å²) in [5.74, 6) is -2.19. The van der Waals surface area contributed by atoms with Crippen LogP contribution in [-0.4, -0.2) is 25.6 Å². The Morgan fingerprint density at radius 1 is 1.19 bits per heavy atom. The van der Waals surface area contributed by atoms with Crippen LogP contribution in [0.5, 0.6) is 5.75 Å². The number of nitrogens with one attached hydrogen (secondary N) is 1. The molecule has 0 spiro atoms. The standard InChI is InChI=1S/C20H19F2NO4/c1-13(16-9-8-15(21)11-17(16)22)23-19(24)12-27-20(25)10-7-14-5-3-4-6-18(14)26-2/h3-11,13H,12H2,1-2H3,(H,23,24)/b10-7+/t13-/m0/s1. The number of halogens is 2. The summed E-state index contributed by atoms with van der Waals surface area (Å²) < 4.78 is 36.6. The summed E-state index contributed by atoms with van der Waals surface area (Å²) in [5, 5.41) is 2.48. The van der Waals surface area contributed by atoms with E-state index in [1.807, 2.05) is 0 Å². The molecule has 0 heterocycles. The van der Waals surface area contributed by atoms with Crippen molar-refractivity contribution in [1.82, 2.24) is 5.32 Å². The summed E-state index contributed by atoms with van der Waals surface area (Å²) in [7, 11) is 1.51. The Morgan fingerprint density at radius 2 is 1.93 bits per heavy atom. The van der Waals surface area contributed by atoms with Crippen LogP contribution in [0.4, 0.5) is 8.78 Å². The van der Waals surface area contributed by atoms with Crippen LogP contribution in [0, 0.1) is 11.6 Å². The SMILES string of the molecule is COc1ccccc1/C=C/C(=O)OCC(=O)N[C@@H](C)c1ccc(F)cc1F. The van der Waals surface area contributed by atoms with Crippen molar-refractivity contribution in [2.75, 3.05) is 13.7 Å². The second-order valence-electron chi connectivity index (χ2n) is 5.64. The number of carbonyl (C=O) groups excluding carboxylic acids is 2. The number of methoxy groups -OCH3 is 1. The monoisotopic (exact) mass is 375 g/mol. The Balaban J connectivity index is 1.85. The second kappa shape index (κ2) is 9.47. The van der Waals surface area contributed by atoms with Gasteiger partial charge in [-0.1, -0.05) is 24.3 Å². The molecule has 7 heteroatoms. The Labute approximate surface area is 155 Å². The predicted octanol–water partition coefficient (Wildman–Crippen LogP) is 3.41. The lowest BCUT2D eigenvalue weighted by molar-refractivity contribution is -0.144. The van der Waals surface area contributed by atoms with Crippen LogP contribution >= 0.6 is 0 Å².